The number of nitrogen functional groups attached to an aromatic ring is 1. The van der Waals surface area contributed by atoms with Gasteiger partial charge in [0, 0.05) is 62.0 Å². The van der Waals surface area contributed by atoms with Gasteiger partial charge in [-0.25, -0.2) is 9.97 Å². The lowest BCUT2D eigenvalue weighted by atomic mass is 9.82. The maximum atomic E-state index is 9.83. The SMILES string of the molecule is CC(C)(C)C=O.COC(C(C)C)n1nnnc1COC[C@@H](C)NC1CCCCC1.Cc1cnc(N)cc1-c1cccc(NCC2(C#N)CCOCC2)n1. The van der Waals surface area contributed by atoms with Gasteiger partial charge in [-0.3, -0.25) is 0 Å². The molecule has 1 unspecified atom stereocenters. The number of aromatic nitrogens is 6. The molecule has 4 N–H and O–H groups in total. The Kier molecular flexibility index (Phi) is 17.7. The van der Waals surface area contributed by atoms with E-state index >= 15 is 0 Å². The number of ether oxygens (including phenoxy) is 3. The van der Waals surface area contributed by atoms with Crippen molar-refractivity contribution in [1.82, 2.24) is 35.5 Å². The molecule has 1 aliphatic carbocycles. The Bertz CT molecular complexity index is 1560. The molecule has 1 saturated carbocycles. The molecule has 0 radical (unpaired) electrons. The number of hydrogen-bond acceptors (Lipinski definition) is 13. The summed E-state index contributed by atoms with van der Waals surface area (Å²) in [6.07, 6.45) is 10.6. The van der Waals surface area contributed by atoms with Gasteiger partial charge < -0.3 is 35.4 Å². The highest BCUT2D eigenvalue weighted by Gasteiger charge is 2.32. The van der Waals surface area contributed by atoms with Crippen molar-refractivity contribution < 1.29 is 19.0 Å². The number of methoxy groups -OCH3 is 1. The van der Waals surface area contributed by atoms with E-state index in [9.17, 15) is 10.1 Å². The number of carbonyl (C=O) groups excluding carboxylic acids is 1. The van der Waals surface area contributed by atoms with Gasteiger partial charge in [0.05, 0.1) is 23.8 Å². The lowest BCUT2D eigenvalue weighted by Crippen LogP contribution is -2.40. The number of nitrogens with one attached hydrogen (secondary N) is 2. The normalized spacial score (nSPS) is 17.0. The molecule has 3 aromatic heterocycles. The summed E-state index contributed by atoms with van der Waals surface area (Å²) in [5.74, 6) is 2.22. The Labute approximate surface area is 316 Å². The van der Waals surface area contributed by atoms with E-state index in [2.05, 4.69) is 63.0 Å². The number of tetrazole rings is 1. The monoisotopic (exact) mass is 734 g/mol. The highest BCUT2D eigenvalue weighted by molar-refractivity contribution is 5.67. The molecule has 1 aliphatic heterocycles. The van der Waals surface area contributed by atoms with E-state index < -0.39 is 0 Å². The zero-order valence-corrected chi connectivity index (χ0v) is 33.1. The highest BCUT2D eigenvalue weighted by Crippen LogP contribution is 2.30. The third kappa shape index (κ3) is 14.7. The lowest BCUT2D eigenvalue weighted by Gasteiger charge is -2.30. The van der Waals surface area contributed by atoms with E-state index in [4.69, 9.17) is 19.9 Å². The molecular formula is C39H62N10O4. The number of aryl methyl sites for hydroxylation is 1. The van der Waals surface area contributed by atoms with Crippen LogP contribution >= 0.6 is 0 Å². The summed E-state index contributed by atoms with van der Waals surface area (Å²) >= 11 is 0. The molecule has 4 heterocycles. The first kappa shape index (κ1) is 43.4. The van der Waals surface area contributed by atoms with Gasteiger partial charge in [-0.1, -0.05) is 59.9 Å². The summed E-state index contributed by atoms with van der Waals surface area (Å²) in [6.45, 7) is 16.8. The average molecular weight is 735 g/mol. The molecule has 3 aromatic rings. The maximum absolute atomic E-state index is 9.83. The van der Waals surface area contributed by atoms with E-state index in [1.54, 1.807) is 18.0 Å². The summed E-state index contributed by atoms with van der Waals surface area (Å²) < 4.78 is 18.4. The van der Waals surface area contributed by atoms with Gasteiger partial charge in [0.2, 0.25) is 0 Å². The van der Waals surface area contributed by atoms with Crippen molar-refractivity contribution in [3.05, 3.63) is 41.9 Å². The van der Waals surface area contributed by atoms with Crippen molar-refractivity contribution in [2.75, 3.05) is 44.5 Å². The van der Waals surface area contributed by atoms with Crippen LogP contribution in [0.5, 0.6) is 0 Å². The van der Waals surface area contributed by atoms with Crippen LogP contribution in [-0.4, -0.2) is 82.0 Å². The molecule has 53 heavy (non-hydrogen) atoms. The topological polar surface area (TPSA) is 188 Å². The van der Waals surface area contributed by atoms with Gasteiger partial charge in [-0.2, -0.15) is 9.94 Å². The van der Waals surface area contributed by atoms with Crippen LogP contribution in [0, 0.1) is 35.0 Å². The Morgan fingerprint density at radius 2 is 1.87 bits per heavy atom. The second kappa shape index (κ2) is 21.6. The number of pyridine rings is 2. The van der Waals surface area contributed by atoms with Crippen molar-refractivity contribution in [2.45, 2.75) is 118 Å². The number of rotatable bonds is 13. The maximum Gasteiger partial charge on any atom is 0.179 e. The predicted octanol–water partition coefficient (Wildman–Crippen LogP) is 6.30. The summed E-state index contributed by atoms with van der Waals surface area (Å²) in [4.78, 5) is 18.6. The van der Waals surface area contributed by atoms with Gasteiger partial charge >= 0.3 is 0 Å². The van der Waals surface area contributed by atoms with E-state index in [-0.39, 0.29) is 23.0 Å². The van der Waals surface area contributed by atoms with E-state index in [1.807, 2.05) is 52.0 Å². The molecule has 14 nitrogen and oxygen atoms in total. The molecule has 2 atom stereocenters. The van der Waals surface area contributed by atoms with Crippen LogP contribution < -0.4 is 16.4 Å². The smallest absolute Gasteiger partial charge is 0.179 e. The summed E-state index contributed by atoms with van der Waals surface area (Å²) in [5, 5.41) is 28.3. The quantitative estimate of drug-likeness (QED) is 0.166. The van der Waals surface area contributed by atoms with Gasteiger partial charge in [0.15, 0.2) is 12.1 Å². The summed E-state index contributed by atoms with van der Waals surface area (Å²) in [5.41, 5.74) is 8.09. The highest BCUT2D eigenvalue weighted by atomic mass is 16.5. The first-order valence-corrected chi connectivity index (χ1v) is 18.8. The number of hydrogen-bond donors (Lipinski definition) is 3. The predicted molar refractivity (Wildman–Crippen MR) is 207 cm³/mol. The number of anilines is 2. The number of nitrogens with two attached hydrogens (primary N) is 1. The molecule has 292 valence electrons. The Morgan fingerprint density at radius 3 is 2.49 bits per heavy atom. The summed E-state index contributed by atoms with van der Waals surface area (Å²) in [7, 11) is 1.67. The first-order chi connectivity index (χ1) is 25.3. The van der Waals surface area contributed by atoms with E-state index in [1.165, 1.54) is 32.1 Å². The van der Waals surface area contributed by atoms with Crippen LogP contribution in [0.4, 0.5) is 11.6 Å². The van der Waals surface area contributed by atoms with Crippen molar-refractivity contribution in [2.24, 2.45) is 16.7 Å². The molecule has 0 spiro atoms. The van der Waals surface area contributed by atoms with Crippen molar-refractivity contribution >= 4 is 17.9 Å². The van der Waals surface area contributed by atoms with Crippen molar-refractivity contribution in [1.29, 1.82) is 5.26 Å². The number of nitriles is 1. The van der Waals surface area contributed by atoms with E-state index in [0.29, 0.717) is 56.7 Å². The van der Waals surface area contributed by atoms with Crippen molar-refractivity contribution in [3.63, 3.8) is 0 Å². The second-order valence-electron chi connectivity index (χ2n) is 15.5. The zero-order chi connectivity index (χ0) is 38.9. The van der Waals surface area contributed by atoms with Crippen LogP contribution in [0.15, 0.2) is 30.5 Å². The van der Waals surface area contributed by atoms with Gasteiger partial charge in [0.1, 0.15) is 24.5 Å². The number of aldehydes is 1. The molecule has 0 bridgehead atoms. The standard InChI is InChI=1S/C18H21N5O.C16H31N5O2.C5H10O/c1-13-10-21-16(20)9-14(13)15-3-2-4-17(23-15)22-12-18(11-19)5-7-24-8-6-18;1-12(2)16(22-4)21-15(18-19-20-21)11-23-10-13(3)17-14-8-6-5-7-9-14;1-5(2,3)4-6/h2-4,9-10H,5-8,12H2,1H3,(H2,20,21)(H,22,23);12-14,16-17H,5-11H2,1-4H3;4H,1-3H3/t;13-,16?;/m.1./s1. The van der Waals surface area contributed by atoms with Crippen molar-refractivity contribution in [3.8, 4) is 17.3 Å². The van der Waals surface area contributed by atoms with Crippen LogP contribution in [0.25, 0.3) is 11.3 Å². The molecule has 5 rings (SSSR count). The number of carbonyl (C=O) groups is 1. The lowest BCUT2D eigenvalue weighted by molar-refractivity contribution is -0.113. The van der Waals surface area contributed by atoms with Gasteiger partial charge in [0.25, 0.3) is 0 Å². The Hall–Kier alpha value is -4.03. The first-order valence-electron chi connectivity index (χ1n) is 18.8. The third-order valence-electron chi connectivity index (χ3n) is 9.14. The largest absolute Gasteiger partial charge is 0.384 e. The fraction of sp³-hybridized carbons (Fsp3) is 0.667. The minimum absolute atomic E-state index is 0.139. The molecule has 2 fully saturated rings. The van der Waals surface area contributed by atoms with Crippen LogP contribution in [-0.2, 0) is 25.6 Å². The van der Waals surface area contributed by atoms with Gasteiger partial charge in [-0.15, -0.1) is 5.10 Å². The Balaban J connectivity index is 0.000000248. The molecule has 14 heteroatoms. The number of nitrogens with zero attached hydrogens (tertiary/aromatic N) is 7. The summed E-state index contributed by atoms with van der Waals surface area (Å²) in [6, 6.07) is 11.1. The van der Waals surface area contributed by atoms with Crippen LogP contribution in [0.3, 0.4) is 0 Å². The fourth-order valence-corrected chi connectivity index (χ4v) is 6.06. The van der Waals surface area contributed by atoms with Crippen LogP contribution in [0.1, 0.15) is 104 Å². The average Bonchev–Trinajstić information content (AvgIpc) is 3.61. The minimum Gasteiger partial charge on any atom is -0.384 e. The second-order valence-corrected chi connectivity index (χ2v) is 15.5. The molecule has 0 amide bonds. The zero-order valence-electron chi connectivity index (χ0n) is 33.1. The minimum atomic E-state index is -0.382. The molecule has 2 aliphatic rings. The van der Waals surface area contributed by atoms with Crippen LogP contribution in [0.2, 0.25) is 0 Å². The van der Waals surface area contributed by atoms with Gasteiger partial charge in [-0.05, 0) is 73.7 Å². The Morgan fingerprint density at radius 1 is 1.17 bits per heavy atom. The molecule has 0 aromatic carbocycles. The third-order valence-corrected chi connectivity index (χ3v) is 9.14. The molecule has 1 saturated heterocycles. The molecular weight excluding hydrogens is 672 g/mol. The van der Waals surface area contributed by atoms with E-state index in [0.717, 1.165) is 41.8 Å². The fourth-order valence-electron chi connectivity index (χ4n) is 6.06.